The minimum atomic E-state index is -0.475. The highest BCUT2D eigenvalue weighted by Gasteiger charge is 2.32. The Kier molecular flexibility index (Phi) is 5.67. The highest BCUT2D eigenvalue weighted by molar-refractivity contribution is 5.82. The van der Waals surface area contributed by atoms with Crippen molar-refractivity contribution in [2.45, 2.75) is 70.6 Å². The molecule has 0 bridgehead atoms. The van der Waals surface area contributed by atoms with Gasteiger partial charge in [0.25, 0.3) is 0 Å². The summed E-state index contributed by atoms with van der Waals surface area (Å²) in [6.45, 7) is 6.95. The summed E-state index contributed by atoms with van der Waals surface area (Å²) in [7, 11) is 0. The molecule has 3 N–H and O–H groups in total. The van der Waals surface area contributed by atoms with Gasteiger partial charge < -0.3 is 20.7 Å². The van der Waals surface area contributed by atoms with E-state index < -0.39 is 5.60 Å². The molecule has 3 atom stereocenters. The lowest BCUT2D eigenvalue weighted by atomic mass is 10.00. The number of nitrogens with one attached hydrogen (secondary N) is 3. The molecule has 0 spiro atoms. The fourth-order valence-electron chi connectivity index (χ4n) is 3.22. The van der Waals surface area contributed by atoms with Crippen molar-refractivity contribution in [1.82, 2.24) is 16.0 Å². The number of rotatable bonds is 4. The van der Waals surface area contributed by atoms with E-state index in [9.17, 15) is 9.59 Å². The zero-order valence-corrected chi connectivity index (χ0v) is 13.9. The van der Waals surface area contributed by atoms with Crippen LogP contribution in [0.4, 0.5) is 4.79 Å². The van der Waals surface area contributed by atoms with E-state index in [2.05, 4.69) is 16.0 Å². The summed E-state index contributed by atoms with van der Waals surface area (Å²) in [4.78, 5) is 23.6. The molecule has 3 unspecified atom stereocenters. The maximum absolute atomic E-state index is 11.8. The lowest BCUT2D eigenvalue weighted by Gasteiger charge is -2.29. The smallest absolute Gasteiger partial charge is 0.407 e. The van der Waals surface area contributed by atoms with Gasteiger partial charge in [0.15, 0.2) is 0 Å². The second-order valence-electron chi connectivity index (χ2n) is 7.33. The first-order valence-electron chi connectivity index (χ1n) is 8.36. The van der Waals surface area contributed by atoms with Crippen molar-refractivity contribution in [2.24, 2.45) is 5.92 Å². The van der Waals surface area contributed by atoms with Crippen molar-refractivity contribution in [2.75, 3.05) is 13.1 Å². The number of alkyl carbamates (subject to hydrolysis) is 1. The van der Waals surface area contributed by atoms with Crippen LogP contribution in [0.3, 0.4) is 0 Å². The van der Waals surface area contributed by atoms with Gasteiger partial charge in [-0.1, -0.05) is 6.42 Å². The highest BCUT2D eigenvalue weighted by atomic mass is 16.6. The number of piperidine rings is 1. The molecule has 0 aromatic heterocycles. The van der Waals surface area contributed by atoms with Gasteiger partial charge >= 0.3 is 6.09 Å². The maximum atomic E-state index is 11.8. The molecule has 6 nitrogen and oxygen atoms in total. The molecular weight excluding hydrogens is 282 g/mol. The Balaban J connectivity index is 1.78. The van der Waals surface area contributed by atoms with Crippen LogP contribution in [0, 0.1) is 5.92 Å². The minimum absolute atomic E-state index is 0.0825. The molecule has 1 saturated carbocycles. The molecule has 6 heteroatoms. The molecule has 2 aliphatic rings. The Morgan fingerprint density at radius 1 is 1.27 bits per heavy atom. The fourth-order valence-corrected chi connectivity index (χ4v) is 3.22. The second kappa shape index (κ2) is 7.31. The van der Waals surface area contributed by atoms with Gasteiger partial charge in [-0.2, -0.15) is 0 Å². The van der Waals surface area contributed by atoms with E-state index in [1.165, 1.54) is 0 Å². The molecule has 2 fully saturated rings. The average molecular weight is 311 g/mol. The summed E-state index contributed by atoms with van der Waals surface area (Å²) in [5.41, 5.74) is -0.475. The number of hydrogen-bond acceptors (Lipinski definition) is 4. The zero-order valence-electron chi connectivity index (χ0n) is 13.9. The molecule has 22 heavy (non-hydrogen) atoms. The first kappa shape index (κ1) is 17.1. The SMILES string of the molecule is CC(C)(C)OC(=O)NCC1CCCC1NC1CCCNC1=O. The Morgan fingerprint density at radius 2 is 2.05 bits per heavy atom. The highest BCUT2D eigenvalue weighted by Crippen LogP contribution is 2.26. The number of ether oxygens (including phenoxy) is 1. The van der Waals surface area contributed by atoms with Gasteiger partial charge in [0.1, 0.15) is 5.60 Å². The van der Waals surface area contributed by atoms with E-state index in [0.29, 0.717) is 18.5 Å². The van der Waals surface area contributed by atoms with E-state index in [4.69, 9.17) is 4.74 Å². The predicted octanol–water partition coefficient (Wildman–Crippen LogP) is 1.55. The summed E-state index contributed by atoms with van der Waals surface area (Å²) in [5.74, 6) is 0.472. The van der Waals surface area contributed by atoms with Gasteiger partial charge in [0.05, 0.1) is 6.04 Å². The van der Waals surface area contributed by atoms with Crippen LogP contribution in [-0.2, 0) is 9.53 Å². The summed E-state index contributed by atoms with van der Waals surface area (Å²) in [5, 5.41) is 9.25. The van der Waals surface area contributed by atoms with Crippen LogP contribution < -0.4 is 16.0 Å². The van der Waals surface area contributed by atoms with Crippen molar-refractivity contribution in [1.29, 1.82) is 0 Å². The molecule has 0 aromatic rings. The number of amides is 2. The van der Waals surface area contributed by atoms with Crippen LogP contribution in [-0.4, -0.2) is 42.8 Å². The molecule has 1 saturated heterocycles. The first-order valence-corrected chi connectivity index (χ1v) is 8.36. The van der Waals surface area contributed by atoms with E-state index >= 15 is 0 Å². The summed E-state index contributed by atoms with van der Waals surface area (Å²) in [6, 6.07) is 0.213. The number of hydrogen-bond donors (Lipinski definition) is 3. The van der Waals surface area contributed by atoms with Gasteiger partial charge in [0.2, 0.25) is 5.91 Å². The largest absolute Gasteiger partial charge is 0.444 e. The van der Waals surface area contributed by atoms with Gasteiger partial charge in [-0.05, 0) is 52.4 Å². The Labute approximate surface area is 132 Å². The predicted molar refractivity (Wildman–Crippen MR) is 84.5 cm³/mol. The zero-order chi connectivity index (χ0) is 16.2. The third-order valence-corrected chi connectivity index (χ3v) is 4.27. The lowest BCUT2D eigenvalue weighted by molar-refractivity contribution is -0.124. The van der Waals surface area contributed by atoms with Gasteiger partial charge in [-0.3, -0.25) is 4.79 Å². The molecule has 0 aromatic carbocycles. The van der Waals surface area contributed by atoms with Crippen molar-refractivity contribution >= 4 is 12.0 Å². The second-order valence-corrected chi connectivity index (χ2v) is 7.33. The fraction of sp³-hybridized carbons (Fsp3) is 0.875. The normalized spacial score (nSPS) is 29.0. The molecule has 1 aliphatic heterocycles. The van der Waals surface area contributed by atoms with Crippen molar-refractivity contribution < 1.29 is 14.3 Å². The number of carbonyl (C=O) groups excluding carboxylic acids is 2. The van der Waals surface area contributed by atoms with Crippen molar-refractivity contribution in [3.8, 4) is 0 Å². The third kappa shape index (κ3) is 5.16. The summed E-state index contributed by atoms with van der Waals surface area (Å²) in [6.07, 6.45) is 4.82. The molecule has 1 aliphatic carbocycles. The number of carbonyl (C=O) groups is 2. The van der Waals surface area contributed by atoms with Crippen LogP contribution in [0.15, 0.2) is 0 Å². The summed E-state index contributed by atoms with van der Waals surface area (Å²) < 4.78 is 5.27. The molecule has 1 heterocycles. The molecule has 0 radical (unpaired) electrons. The molecular formula is C16H29N3O3. The van der Waals surface area contributed by atoms with Crippen LogP contribution >= 0.6 is 0 Å². The molecule has 2 amide bonds. The Morgan fingerprint density at radius 3 is 2.73 bits per heavy atom. The molecule has 126 valence electrons. The van der Waals surface area contributed by atoms with E-state index in [1.54, 1.807) is 0 Å². The van der Waals surface area contributed by atoms with Crippen LogP contribution in [0.1, 0.15) is 52.9 Å². The maximum Gasteiger partial charge on any atom is 0.407 e. The van der Waals surface area contributed by atoms with E-state index in [-0.39, 0.29) is 18.0 Å². The first-order chi connectivity index (χ1) is 10.3. The standard InChI is InChI=1S/C16H29N3O3/c1-16(2,3)22-15(21)18-10-11-6-4-7-12(11)19-13-8-5-9-17-14(13)20/h11-13,19H,4-10H2,1-3H3,(H,17,20)(H,18,21). The van der Waals surface area contributed by atoms with Crippen molar-refractivity contribution in [3.05, 3.63) is 0 Å². The lowest BCUT2D eigenvalue weighted by Crippen LogP contribution is -2.53. The minimum Gasteiger partial charge on any atom is -0.444 e. The van der Waals surface area contributed by atoms with Crippen LogP contribution in [0.5, 0.6) is 0 Å². The third-order valence-electron chi connectivity index (χ3n) is 4.27. The van der Waals surface area contributed by atoms with Gasteiger partial charge in [-0.25, -0.2) is 4.79 Å². The summed E-state index contributed by atoms with van der Waals surface area (Å²) >= 11 is 0. The monoisotopic (exact) mass is 311 g/mol. The van der Waals surface area contributed by atoms with E-state index in [0.717, 1.165) is 38.6 Å². The van der Waals surface area contributed by atoms with Crippen molar-refractivity contribution in [3.63, 3.8) is 0 Å². The van der Waals surface area contributed by atoms with Gasteiger partial charge in [-0.15, -0.1) is 0 Å². The topological polar surface area (TPSA) is 79.5 Å². The Hall–Kier alpha value is -1.30. The van der Waals surface area contributed by atoms with Crippen LogP contribution in [0.2, 0.25) is 0 Å². The van der Waals surface area contributed by atoms with Crippen LogP contribution in [0.25, 0.3) is 0 Å². The van der Waals surface area contributed by atoms with Gasteiger partial charge in [0, 0.05) is 19.1 Å². The molecule has 2 rings (SSSR count). The quantitative estimate of drug-likeness (QED) is 0.736. The Bertz CT molecular complexity index is 406. The average Bonchev–Trinajstić information content (AvgIpc) is 2.84. The van der Waals surface area contributed by atoms with E-state index in [1.807, 2.05) is 20.8 Å².